The van der Waals surface area contributed by atoms with Gasteiger partial charge in [-0.2, -0.15) is 0 Å². The maximum atomic E-state index is 12.8. The molecule has 1 saturated heterocycles. The van der Waals surface area contributed by atoms with Gasteiger partial charge in [0.25, 0.3) is 0 Å². The van der Waals surface area contributed by atoms with E-state index in [0.29, 0.717) is 13.0 Å². The average molecular weight is 155 g/mol. The number of hydrogen-bond donors (Lipinski definition) is 0. The zero-order valence-electron chi connectivity index (χ0n) is 6.15. The third kappa shape index (κ3) is 3.44. The minimum atomic E-state index is -0.970. The first-order valence-electron chi connectivity index (χ1n) is 2.84. The second-order valence-corrected chi connectivity index (χ2v) is 2.72. The molecule has 1 atom stereocenters. The molecule has 3 heteroatoms. The van der Waals surface area contributed by atoms with Gasteiger partial charge < -0.3 is 4.90 Å². The zero-order valence-corrected chi connectivity index (χ0v) is 9.28. The molecule has 48 valence electrons. The van der Waals surface area contributed by atoms with Gasteiger partial charge >= 0.3 is 51.4 Å². The van der Waals surface area contributed by atoms with Gasteiger partial charge in [-0.15, -0.1) is 0 Å². The van der Waals surface area contributed by atoms with Crippen LogP contribution in [0.15, 0.2) is 0 Å². The summed E-state index contributed by atoms with van der Waals surface area (Å²) in [5.74, 6) is 0. The first kappa shape index (κ1) is 10.5. The van der Waals surface area contributed by atoms with Crippen LogP contribution in [-0.2, 0) is 0 Å². The summed E-state index contributed by atoms with van der Waals surface area (Å²) >= 11 is 0. The molecule has 0 aromatic heterocycles. The van der Waals surface area contributed by atoms with E-state index < -0.39 is 5.67 Å². The summed E-state index contributed by atoms with van der Waals surface area (Å²) in [5.41, 5.74) is -0.970. The molecule has 1 aliphatic rings. The van der Waals surface area contributed by atoms with Gasteiger partial charge in [0.2, 0.25) is 0 Å². The standard InChI is InChI=1S/C6H11FN.K/c1-6(7)3-4-8(2)5-6;/h2-5H2,1H3;/q-1;+1. The summed E-state index contributed by atoms with van der Waals surface area (Å²) in [4.78, 5) is 1.76. The molecule has 0 N–H and O–H groups in total. The number of halogens is 1. The molecule has 0 saturated carbocycles. The molecule has 1 nitrogen and oxygen atoms in total. The van der Waals surface area contributed by atoms with Gasteiger partial charge in [-0.05, 0) is 19.9 Å². The summed E-state index contributed by atoms with van der Waals surface area (Å²) < 4.78 is 12.8. The van der Waals surface area contributed by atoms with Gasteiger partial charge in [0.05, 0.1) is 0 Å². The number of likely N-dealkylation sites (tertiary alicyclic amines) is 1. The summed E-state index contributed by atoms with van der Waals surface area (Å²) in [6, 6.07) is 0. The van der Waals surface area contributed by atoms with Crippen molar-refractivity contribution < 1.29 is 55.8 Å². The van der Waals surface area contributed by atoms with E-state index in [9.17, 15) is 4.39 Å². The normalized spacial score (nSPS) is 36.3. The van der Waals surface area contributed by atoms with E-state index in [4.69, 9.17) is 0 Å². The summed E-state index contributed by atoms with van der Waals surface area (Å²) in [6.45, 7) is 2.91. The van der Waals surface area contributed by atoms with Gasteiger partial charge in [0.1, 0.15) is 5.67 Å². The Bertz CT molecular complexity index is 95.1. The fourth-order valence-corrected chi connectivity index (χ4v) is 1.02. The Hall–Kier alpha value is 1.53. The van der Waals surface area contributed by atoms with Crippen molar-refractivity contribution in [1.29, 1.82) is 0 Å². The van der Waals surface area contributed by atoms with Crippen LogP contribution in [0, 0.1) is 7.05 Å². The zero-order chi connectivity index (χ0) is 6.20. The van der Waals surface area contributed by atoms with E-state index in [-0.39, 0.29) is 51.4 Å². The molecule has 0 aliphatic carbocycles. The third-order valence-corrected chi connectivity index (χ3v) is 1.50. The second-order valence-electron chi connectivity index (χ2n) is 2.72. The van der Waals surface area contributed by atoms with E-state index in [1.54, 1.807) is 11.8 Å². The molecule has 1 heterocycles. The van der Waals surface area contributed by atoms with E-state index in [2.05, 4.69) is 7.05 Å². The number of hydrogen-bond acceptors (Lipinski definition) is 1. The van der Waals surface area contributed by atoms with Crippen LogP contribution in [0.25, 0.3) is 0 Å². The number of nitrogens with zero attached hydrogens (tertiary/aromatic N) is 1. The molecule has 0 spiro atoms. The van der Waals surface area contributed by atoms with Crippen molar-refractivity contribution in [2.24, 2.45) is 0 Å². The minimum absolute atomic E-state index is 0. The molecule has 9 heavy (non-hydrogen) atoms. The predicted octanol–water partition coefficient (Wildman–Crippen LogP) is -1.78. The molecule has 0 bridgehead atoms. The van der Waals surface area contributed by atoms with E-state index in [1.165, 1.54) is 0 Å². The van der Waals surface area contributed by atoms with Crippen molar-refractivity contribution in [1.82, 2.24) is 4.90 Å². The molecule has 1 fully saturated rings. The van der Waals surface area contributed by atoms with Crippen LogP contribution in [0.2, 0.25) is 0 Å². The van der Waals surface area contributed by atoms with Gasteiger partial charge in [-0.1, -0.05) is 0 Å². The molecular formula is C6H11FKN. The van der Waals surface area contributed by atoms with Gasteiger partial charge in [-0.25, -0.2) is 4.39 Å². The van der Waals surface area contributed by atoms with Crippen molar-refractivity contribution >= 4 is 0 Å². The molecule has 0 aromatic carbocycles. The molecule has 1 rings (SSSR count). The van der Waals surface area contributed by atoms with Crippen molar-refractivity contribution in [3.8, 4) is 0 Å². The minimum Gasteiger partial charge on any atom is -0.457 e. The van der Waals surface area contributed by atoms with Crippen molar-refractivity contribution in [3.63, 3.8) is 0 Å². The van der Waals surface area contributed by atoms with E-state index in [0.717, 1.165) is 6.54 Å². The third-order valence-electron chi connectivity index (χ3n) is 1.50. The smallest absolute Gasteiger partial charge is 0.457 e. The summed E-state index contributed by atoms with van der Waals surface area (Å²) in [6.07, 6.45) is 0.635. The monoisotopic (exact) mass is 155 g/mol. The maximum absolute atomic E-state index is 12.8. The fourth-order valence-electron chi connectivity index (χ4n) is 1.02. The maximum Gasteiger partial charge on any atom is 1.00 e. The van der Waals surface area contributed by atoms with Crippen LogP contribution in [0.4, 0.5) is 4.39 Å². The van der Waals surface area contributed by atoms with Gasteiger partial charge in [-0.3, -0.25) is 7.05 Å². The van der Waals surface area contributed by atoms with Crippen LogP contribution in [0.5, 0.6) is 0 Å². The molecule has 0 amide bonds. The predicted molar refractivity (Wildman–Crippen MR) is 31.1 cm³/mol. The first-order valence-corrected chi connectivity index (χ1v) is 2.84. The fraction of sp³-hybridized carbons (Fsp3) is 0.833. The van der Waals surface area contributed by atoms with Crippen LogP contribution in [0.1, 0.15) is 13.3 Å². The van der Waals surface area contributed by atoms with Crippen molar-refractivity contribution in [2.45, 2.75) is 19.0 Å². The van der Waals surface area contributed by atoms with Gasteiger partial charge in [0.15, 0.2) is 0 Å². The van der Waals surface area contributed by atoms with E-state index >= 15 is 0 Å². The Kier molecular flexibility index (Phi) is 4.43. The summed E-state index contributed by atoms with van der Waals surface area (Å²) in [7, 11) is 3.63. The Balaban J connectivity index is 0.000000640. The average Bonchev–Trinajstić information content (AvgIpc) is 1.82. The molecule has 1 aliphatic heterocycles. The Morgan fingerprint density at radius 1 is 1.67 bits per heavy atom. The van der Waals surface area contributed by atoms with Crippen LogP contribution in [0.3, 0.4) is 0 Å². The number of rotatable bonds is 0. The van der Waals surface area contributed by atoms with Crippen molar-refractivity contribution in [3.05, 3.63) is 7.05 Å². The molecule has 1 unspecified atom stereocenters. The van der Waals surface area contributed by atoms with Crippen LogP contribution >= 0.6 is 0 Å². The van der Waals surface area contributed by atoms with Crippen LogP contribution in [-0.4, -0.2) is 23.7 Å². The Morgan fingerprint density at radius 2 is 2.22 bits per heavy atom. The first-order chi connectivity index (χ1) is 3.60. The summed E-state index contributed by atoms with van der Waals surface area (Å²) in [5, 5.41) is 0. The largest absolute Gasteiger partial charge is 1.00 e. The Labute approximate surface area is 98.4 Å². The molecule has 0 aromatic rings. The SMILES string of the molecule is [CH2-]N1CCC(C)(F)C1.[K+]. The van der Waals surface area contributed by atoms with E-state index in [1.807, 2.05) is 0 Å². The number of alkyl halides is 1. The van der Waals surface area contributed by atoms with Crippen LogP contribution < -0.4 is 51.4 Å². The van der Waals surface area contributed by atoms with Crippen molar-refractivity contribution in [2.75, 3.05) is 13.1 Å². The second kappa shape index (κ2) is 3.79. The topological polar surface area (TPSA) is 3.24 Å². The quantitative estimate of drug-likeness (QED) is 0.295. The Morgan fingerprint density at radius 3 is 2.33 bits per heavy atom. The van der Waals surface area contributed by atoms with Gasteiger partial charge in [0, 0.05) is 6.54 Å². The molecular weight excluding hydrogens is 144 g/mol. The molecule has 0 radical (unpaired) electrons.